The topological polar surface area (TPSA) is 50.1 Å². The van der Waals surface area contributed by atoms with Gasteiger partial charge in [0.2, 0.25) is 5.95 Å². The minimum absolute atomic E-state index is 0.810. The molecule has 3 heterocycles. The number of nitrogens with zero attached hydrogens (tertiary/aromatic N) is 6. The van der Waals surface area contributed by atoms with Crippen LogP contribution >= 0.6 is 0 Å². The molecule has 1 aromatic carbocycles. The van der Waals surface area contributed by atoms with Crippen molar-refractivity contribution in [2.45, 2.75) is 6.92 Å². The maximum Gasteiger partial charge on any atom is 0.225 e. The summed E-state index contributed by atoms with van der Waals surface area (Å²) in [5.74, 6) is 2.90. The quantitative estimate of drug-likeness (QED) is 0.737. The van der Waals surface area contributed by atoms with Gasteiger partial charge >= 0.3 is 0 Å². The molecule has 0 N–H and O–H groups in total. The van der Waals surface area contributed by atoms with Crippen molar-refractivity contribution in [3.63, 3.8) is 0 Å². The molecule has 128 valence electrons. The summed E-state index contributed by atoms with van der Waals surface area (Å²) < 4.78 is 2.18. The standard InChI is InChI=1S/C19H22N6/c1-15-17(22-18(23(15)2)16-7-4-3-5-8-16)24-11-13-25(14-12-24)19-20-9-6-10-21-19/h3-10H,11-14H2,1-2H3. The van der Waals surface area contributed by atoms with Crippen LogP contribution < -0.4 is 9.80 Å². The van der Waals surface area contributed by atoms with Crippen molar-refractivity contribution < 1.29 is 0 Å². The Morgan fingerprint density at radius 3 is 2.16 bits per heavy atom. The van der Waals surface area contributed by atoms with E-state index < -0.39 is 0 Å². The van der Waals surface area contributed by atoms with Crippen molar-refractivity contribution in [3.8, 4) is 11.4 Å². The molecule has 0 atom stereocenters. The summed E-state index contributed by atoms with van der Waals surface area (Å²) in [5.41, 5.74) is 2.35. The Hall–Kier alpha value is -2.89. The van der Waals surface area contributed by atoms with Gasteiger partial charge in [-0.05, 0) is 13.0 Å². The van der Waals surface area contributed by atoms with Crippen LogP contribution in [0.2, 0.25) is 0 Å². The largest absolute Gasteiger partial charge is 0.352 e. The van der Waals surface area contributed by atoms with Crippen LogP contribution in [0.1, 0.15) is 5.69 Å². The first-order chi connectivity index (χ1) is 12.2. The molecule has 6 nitrogen and oxygen atoms in total. The second-order valence-electron chi connectivity index (χ2n) is 6.29. The van der Waals surface area contributed by atoms with Crippen molar-refractivity contribution in [1.29, 1.82) is 0 Å². The fourth-order valence-corrected chi connectivity index (χ4v) is 3.28. The predicted molar refractivity (Wildman–Crippen MR) is 99.8 cm³/mol. The highest BCUT2D eigenvalue weighted by Gasteiger charge is 2.23. The number of anilines is 2. The first-order valence-electron chi connectivity index (χ1n) is 8.59. The van der Waals surface area contributed by atoms with E-state index in [4.69, 9.17) is 4.98 Å². The molecular formula is C19H22N6. The van der Waals surface area contributed by atoms with Crippen LogP contribution in [0.3, 0.4) is 0 Å². The van der Waals surface area contributed by atoms with E-state index in [1.165, 1.54) is 5.69 Å². The molecule has 0 saturated carbocycles. The number of aromatic nitrogens is 4. The number of piperazine rings is 1. The third-order valence-corrected chi connectivity index (χ3v) is 4.80. The summed E-state index contributed by atoms with van der Waals surface area (Å²) in [6, 6.07) is 12.2. The summed E-state index contributed by atoms with van der Waals surface area (Å²) in [5, 5.41) is 0. The molecule has 0 unspecified atom stereocenters. The zero-order chi connectivity index (χ0) is 17.2. The lowest BCUT2D eigenvalue weighted by atomic mass is 10.2. The van der Waals surface area contributed by atoms with Crippen LogP contribution in [0.5, 0.6) is 0 Å². The van der Waals surface area contributed by atoms with Crippen molar-refractivity contribution in [2.75, 3.05) is 36.0 Å². The third kappa shape index (κ3) is 2.95. The van der Waals surface area contributed by atoms with Gasteiger partial charge in [0.1, 0.15) is 5.82 Å². The van der Waals surface area contributed by atoms with E-state index in [0.29, 0.717) is 0 Å². The van der Waals surface area contributed by atoms with Crippen molar-refractivity contribution in [3.05, 3.63) is 54.5 Å². The van der Waals surface area contributed by atoms with Gasteiger partial charge in [-0.15, -0.1) is 0 Å². The van der Waals surface area contributed by atoms with E-state index in [0.717, 1.165) is 49.3 Å². The number of imidazole rings is 1. The van der Waals surface area contributed by atoms with Gasteiger partial charge in [0, 0.05) is 51.2 Å². The van der Waals surface area contributed by atoms with Gasteiger partial charge in [0.15, 0.2) is 5.82 Å². The number of benzene rings is 1. The maximum atomic E-state index is 4.94. The molecule has 6 heteroatoms. The van der Waals surface area contributed by atoms with Crippen LogP contribution in [0, 0.1) is 6.92 Å². The normalized spacial score (nSPS) is 14.8. The second-order valence-corrected chi connectivity index (χ2v) is 6.29. The number of hydrogen-bond acceptors (Lipinski definition) is 5. The molecular weight excluding hydrogens is 312 g/mol. The Kier molecular flexibility index (Phi) is 4.09. The highest BCUT2D eigenvalue weighted by Crippen LogP contribution is 2.27. The fourth-order valence-electron chi connectivity index (χ4n) is 3.28. The van der Waals surface area contributed by atoms with Gasteiger partial charge in [0.25, 0.3) is 0 Å². The molecule has 0 bridgehead atoms. The molecule has 25 heavy (non-hydrogen) atoms. The lowest BCUT2D eigenvalue weighted by Gasteiger charge is -2.35. The molecule has 1 aliphatic rings. The van der Waals surface area contributed by atoms with Gasteiger partial charge in [-0.1, -0.05) is 30.3 Å². The second kappa shape index (κ2) is 6.55. The highest BCUT2D eigenvalue weighted by atomic mass is 15.3. The van der Waals surface area contributed by atoms with Crippen molar-refractivity contribution in [2.24, 2.45) is 7.05 Å². The molecule has 1 aliphatic heterocycles. The van der Waals surface area contributed by atoms with Crippen molar-refractivity contribution >= 4 is 11.8 Å². The lowest BCUT2D eigenvalue weighted by molar-refractivity contribution is 0.634. The van der Waals surface area contributed by atoms with E-state index in [2.05, 4.69) is 62.6 Å². The molecule has 2 aromatic heterocycles. The first-order valence-corrected chi connectivity index (χ1v) is 8.59. The zero-order valence-electron chi connectivity index (χ0n) is 14.6. The molecule has 1 saturated heterocycles. The average molecular weight is 334 g/mol. The monoisotopic (exact) mass is 334 g/mol. The van der Waals surface area contributed by atoms with E-state index >= 15 is 0 Å². The van der Waals surface area contributed by atoms with Crippen LogP contribution in [-0.4, -0.2) is 45.7 Å². The number of hydrogen-bond donors (Lipinski definition) is 0. The van der Waals surface area contributed by atoms with Gasteiger partial charge in [-0.25, -0.2) is 15.0 Å². The maximum absolute atomic E-state index is 4.94. The summed E-state index contributed by atoms with van der Waals surface area (Å²) in [7, 11) is 2.09. The molecule has 3 aromatic rings. The summed E-state index contributed by atoms with van der Waals surface area (Å²) in [6.07, 6.45) is 3.59. The Balaban J connectivity index is 1.54. The zero-order valence-corrected chi connectivity index (χ0v) is 14.6. The van der Waals surface area contributed by atoms with Crippen molar-refractivity contribution in [1.82, 2.24) is 19.5 Å². The smallest absolute Gasteiger partial charge is 0.225 e. The summed E-state index contributed by atoms with van der Waals surface area (Å²) >= 11 is 0. The lowest BCUT2D eigenvalue weighted by Crippen LogP contribution is -2.47. The van der Waals surface area contributed by atoms with Crippen LogP contribution in [0.4, 0.5) is 11.8 Å². The van der Waals surface area contributed by atoms with Gasteiger partial charge in [-0.3, -0.25) is 0 Å². The minimum Gasteiger partial charge on any atom is -0.352 e. The number of rotatable bonds is 3. The minimum atomic E-state index is 0.810. The Morgan fingerprint density at radius 1 is 0.840 bits per heavy atom. The predicted octanol–water partition coefficient (Wildman–Crippen LogP) is 2.51. The Labute approximate surface area is 147 Å². The van der Waals surface area contributed by atoms with Crippen LogP contribution in [0.15, 0.2) is 48.8 Å². The molecule has 0 amide bonds. The Bertz CT molecular complexity index is 835. The van der Waals surface area contributed by atoms with E-state index in [-0.39, 0.29) is 0 Å². The SMILES string of the molecule is Cc1c(N2CCN(c3ncccn3)CC2)nc(-c2ccccc2)n1C. The average Bonchev–Trinajstić information content (AvgIpc) is 2.98. The van der Waals surface area contributed by atoms with Crippen LogP contribution in [-0.2, 0) is 7.05 Å². The first kappa shape index (κ1) is 15.6. The molecule has 0 aliphatic carbocycles. The van der Waals surface area contributed by atoms with Gasteiger partial charge in [0.05, 0.1) is 5.69 Å². The molecule has 0 radical (unpaired) electrons. The summed E-state index contributed by atoms with van der Waals surface area (Å²) in [4.78, 5) is 18.2. The molecule has 0 spiro atoms. The van der Waals surface area contributed by atoms with Gasteiger partial charge < -0.3 is 14.4 Å². The van der Waals surface area contributed by atoms with E-state index in [1.807, 2.05) is 12.1 Å². The molecule has 4 rings (SSSR count). The van der Waals surface area contributed by atoms with Crippen LogP contribution in [0.25, 0.3) is 11.4 Å². The Morgan fingerprint density at radius 2 is 1.48 bits per heavy atom. The highest BCUT2D eigenvalue weighted by molar-refractivity contribution is 5.62. The van der Waals surface area contributed by atoms with Gasteiger partial charge in [-0.2, -0.15) is 0 Å². The summed E-state index contributed by atoms with van der Waals surface area (Å²) in [6.45, 7) is 5.79. The fraction of sp³-hybridized carbons (Fsp3) is 0.316. The van der Waals surface area contributed by atoms with E-state index in [9.17, 15) is 0 Å². The van der Waals surface area contributed by atoms with E-state index in [1.54, 1.807) is 12.4 Å². The third-order valence-electron chi connectivity index (χ3n) is 4.80. The molecule has 1 fully saturated rings.